The van der Waals surface area contributed by atoms with Crippen molar-refractivity contribution >= 4 is 0 Å². The topological polar surface area (TPSA) is 158 Å². The Bertz CT molecular complexity index is 461. The predicted molar refractivity (Wildman–Crippen MR) is 90.4 cm³/mol. The van der Waals surface area contributed by atoms with Crippen LogP contribution in [0.15, 0.2) is 12.2 Å². The highest BCUT2D eigenvalue weighted by molar-refractivity contribution is 4.90. The van der Waals surface area contributed by atoms with Gasteiger partial charge in [-0.2, -0.15) is 0 Å². The number of aliphatic hydroxyl groups is 6. The van der Waals surface area contributed by atoms with Crippen LogP contribution in [0, 0.1) is 0 Å². The molecule has 0 radical (unpaired) electrons. The lowest BCUT2D eigenvalue weighted by molar-refractivity contribution is -0.320. The molecule has 0 aromatic carbocycles. The number of hydrogen-bond donors (Lipinski definition) is 6. The van der Waals surface area contributed by atoms with Gasteiger partial charge in [0, 0.05) is 0 Å². The molecule has 2 aliphatic heterocycles. The zero-order valence-electron chi connectivity index (χ0n) is 15.2. The van der Waals surface area contributed by atoms with Crippen LogP contribution in [0.1, 0.15) is 19.8 Å². The Labute approximate surface area is 157 Å². The maximum absolute atomic E-state index is 10.1. The summed E-state index contributed by atoms with van der Waals surface area (Å²) in [5, 5.41) is 59.0. The van der Waals surface area contributed by atoms with Crippen molar-refractivity contribution in [1.82, 2.24) is 0 Å². The van der Waals surface area contributed by atoms with Crippen LogP contribution in [-0.2, 0) is 18.9 Å². The number of ether oxygens (including phenoxy) is 4. The molecule has 6 N–H and O–H groups in total. The molecule has 0 spiro atoms. The maximum Gasteiger partial charge on any atom is 0.186 e. The van der Waals surface area contributed by atoms with E-state index in [1.165, 1.54) is 0 Å². The first-order valence-corrected chi connectivity index (χ1v) is 9.10. The summed E-state index contributed by atoms with van der Waals surface area (Å²) >= 11 is 0. The van der Waals surface area contributed by atoms with E-state index in [2.05, 4.69) is 0 Å². The lowest BCUT2D eigenvalue weighted by Gasteiger charge is -2.41. The van der Waals surface area contributed by atoms with Gasteiger partial charge in [-0.05, 0) is 12.8 Å². The molecule has 0 bridgehead atoms. The molecule has 2 heterocycles. The molecule has 2 saturated heterocycles. The molecular formula is C17H30O10. The Balaban J connectivity index is 1.86. The quantitative estimate of drug-likeness (QED) is 0.194. The SMILES string of the molecule is CC/C=C/CCO[C@@H]1O[C@H](CO[C@@H]2OC[C@@H](O)[C@H](O)[C@H]2O)[C@@H](O)[C@H](O)[C@H]1O. The second-order valence-electron chi connectivity index (χ2n) is 6.64. The second kappa shape index (κ2) is 10.8. The van der Waals surface area contributed by atoms with E-state index in [0.29, 0.717) is 6.42 Å². The Kier molecular flexibility index (Phi) is 9.02. The summed E-state index contributed by atoms with van der Waals surface area (Å²) in [7, 11) is 0. The van der Waals surface area contributed by atoms with Gasteiger partial charge in [0.05, 0.1) is 19.8 Å². The molecule has 2 fully saturated rings. The van der Waals surface area contributed by atoms with Gasteiger partial charge in [0.15, 0.2) is 12.6 Å². The van der Waals surface area contributed by atoms with E-state index in [9.17, 15) is 30.6 Å². The van der Waals surface area contributed by atoms with Crippen molar-refractivity contribution in [2.45, 2.75) is 75.1 Å². The van der Waals surface area contributed by atoms with E-state index in [4.69, 9.17) is 18.9 Å². The molecule has 0 aliphatic carbocycles. The molecule has 0 unspecified atom stereocenters. The molecule has 0 aromatic heterocycles. The van der Waals surface area contributed by atoms with E-state index < -0.39 is 55.3 Å². The summed E-state index contributed by atoms with van der Waals surface area (Å²) in [5.74, 6) is 0. The Morgan fingerprint density at radius 2 is 1.56 bits per heavy atom. The van der Waals surface area contributed by atoms with E-state index in [0.717, 1.165) is 6.42 Å². The van der Waals surface area contributed by atoms with Gasteiger partial charge in [-0.25, -0.2) is 0 Å². The summed E-state index contributed by atoms with van der Waals surface area (Å²) in [6, 6.07) is 0. The highest BCUT2D eigenvalue weighted by Gasteiger charge is 2.45. The monoisotopic (exact) mass is 394 g/mol. The van der Waals surface area contributed by atoms with Crippen LogP contribution in [0.3, 0.4) is 0 Å². The van der Waals surface area contributed by atoms with Gasteiger partial charge in [-0.15, -0.1) is 0 Å². The zero-order chi connectivity index (χ0) is 20.0. The number of aliphatic hydroxyl groups excluding tert-OH is 6. The Morgan fingerprint density at radius 1 is 0.852 bits per heavy atom. The Hall–Kier alpha value is -0.660. The smallest absolute Gasteiger partial charge is 0.186 e. The summed E-state index contributed by atoms with van der Waals surface area (Å²) in [5.41, 5.74) is 0. The summed E-state index contributed by atoms with van der Waals surface area (Å²) in [6.07, 6.45) is -6.59. The summed E-state index contributed by atoms with van der Waals surface area (Å²) in [4.78, 5) is 0. The van der Waals surface area contributed by atoms with Crippen molar-refractivity contribution < 1.29 is 49.6 Å². The van der Waals surface area contributed by atoms with Gasteiger partial charge < -0.3 is 49.6 Å². The van der Waals surface area contributed by atoms with Crippen LogP contribution in [0.25, 0.3) is 0 Å². The van der Waals surface area contributed by atoms with Gasteiger partial charge >= 0.3 is 0 Å². The van der Waals surface area contributed by atoms with Crippen LogP contribution in [0.2, 0.25) is 0 Å². The van der Waals surface area contributed by atoms with Crippen LogP contribution in [-0.4, -0.2) is 106 Å². The third-order valence-electron chi connectivity index (χ3n) is 4.52. The molecule has 27 heavy (non-hydrogen) atoms. The first-order valence-electron chi connectivity index (χ1n) is 9.10. The van der Waals surface area contributed by atoms with Crippen molar-refractivity contribution in [3.8, 4) is 0 Å². The highest BCUT2D eigenvalue weighted by atomic mass is 16.7. The molecule has 2 rings (SSSR count). The van der Waals surface area contributed by atoms with E-state index in [-0.39, 0.29) is 19.8 Å². The molecule has 10 nitrogen and oxygen atoms in total. The van der Waals surface area contributed by atoms with E-state index >= 15 is 0 Å². The number of rotatable bonds is 8. The molecule has 0 saturated carbocycles. The molecule has 0 aromatic rings. The normalized spacial score (nSPS) is 43.3. The van der Waals surface area contributed by atoms with Gasteiger partial charge in [-0.3, -0.25) is 0 Å². The fourth-order valence-corrected chi connectivity index (χ4v) is 2.84. The van der Waals surface area contributed by atoms with Gasteiger partial charge in [0.25, 0.3) is 0 Å². The van der Waals surface area contributed by atoms with Crippen molar-refractivity contribution in [2.75, 3.05) is 19.8 Å². The minimum absolute atomic E-state index is 0.227. The number of allylic oxidation sites excluding steroid dienone is 1. The molecule has 10 heteroatoms. The maximum atomic E-state index is 10.1. The lowest BCUT2D eigenvalue weighted by atomic mass is 9.99. The van der Waals surface area contributed by atoms with Crippen molar-refractivity contribution in [2.24, 2.45) is 0 Å². The third kappa shape index (κ3) is 5.91. The van der Waals surface area contributed by atoms with Crippen LogP contribution < -0.4 is 0 Å². The first kappa shape index (κ1) is 22.6. The average Bonchev–Trinajstić information content (AvgIpc) is 2.66. The van der Waals surface area contributed by atoms with E-state index in [1.807, 2.05) is 19.1 Å². The zero-order valence-corrected chi connectivity index (χ0v) is 15.2. The molecular weight excluding hydrogens is 364 g/mol. The first-order chi connectivity index (χ1) is 12.9. The van der Waals surface area contributed by atoms with Crippen LogP contribution in [0.5, 0.6) is 0 Å². The van der Waals surface area contributed by atoms with E-state index in [1.54, 1.807) is 0 Å². The van der Waals surface area contributed by atoms with Crippen molar-refractivity contribution in [3.63, 3.8) is 0 Å². The fraction of sp³-hybridized carbons (Fsp3) is 0.882. The average molecular weight is 394 g/mol. The molecule has 2 aliphatic rings. The minimum Gasteiger partial charge on any atom is -0.388 e. The fourth-order valence-electron chi connectivity index (χ4n) is 2.84. The molecule has 158 valence electrons. The summed E-state index contributed by atoms with van der Waals surface area (Å²) < 4.78 is 21.3. The molecule has 9 atom stereocenters. The van der Waals surface area contributed by atoms with Gasteiger partial charge in [0.1, 0.15) is 42.7 Å². The highest BCUT2D eigenvalue weighted by Crippen LogP contribution is 2.24. The predicted octanol–water partition coefficient (Wildman–Crippen LogP) is -2.38. The van der Waals surface area contributed by atoms with Gasteiger partial charge in [-0.1, -0.05) is 19.1 Å². The van der Waals surface area contributed by atoms with Crippen molar-refractivity contribution in [1.29, 1.82) is 0 Å². The third-order valence-corrected chi connectivity index (χ3v) is 4.52. The number of hydrogen-bond acceptors (Lipinski definition) is 10. The van der Waals surface area contributed by atoms with Crippen LogP contribution >= 0.6 is 0 Å². The summed E-state index contributed by atoms with van der Waals surface area (Å²) in [6.45, 7) is 1.73. The largest absolute Gasteiger partial charge is 0.388 e. The standard InChI is InChI=1S/C17H30O10/c1-2-3-4-5-6-24-17-15(23)13(21)12(20)10(27-17)8-26-16-14(22)11(19)9(18)7-25-16/h3-4,9-23H,2,5-8H2,1H3/b4-3+/t9-,10-,11+,12-,13+,14-,15-,16+,17-/m1/s1. The van der Waals surface area contributed by atoms with Gasteiger partial charge in [0.2, 0.25) is 0 Å². The lowest BCUT2D eigenvalue weighted by Crippen LogP contribution is -2.60. The second-order valence-corrected chi connectivity index (χ2v) is 6.64. The van der Waals surface area contributed by atoms with Crippen LogP contribution in [0.4, 0.5) is 0 Å². The minimum atomic E-state index is -1.51. The molecule has 0 amide bonds. The van der Waals surface area contributed by atoms with Crippen molar-refractivity contribution in [3.05, 3.63) is 12.2 Å². The Morgan fingerprint density at radius 3 is 2.26 bits per heavy atom.